The number of hydrogen-bond acceptors (Lipinski definition) is 4. The number of hydrogen-bond donors (Lipinski definition) is 1. The number of piperazine rings is 1. The molecule has 2 amide bonds. The number of rotatable bonds is 3. The molecule has 1 aromatic carbocycles. The van der Waals surface area contributed by atoms with Gasteiger partial charge in [-0.2, -0.15) is 0 Å². The third-order valence-electron chi connectivity index (χ3n) is 3.87. The Morgan fingerprint density at radius 3 is 2.16 bits per heavy atom. The van der Waals surface area contributed by atoms with E-state index in [2.05, 4.69) is 0 Å². The zero-order chi connectivity index (χ0) is 18.6. The summed E-state index contributed by atoms with van der Waals surface area (Å²) in [5.41, 5.74) is 0.302. The Morgan fingerprint density at radius 1 is 1.12 bits per heavy atom. The normalized spacial score (nSPS) is 16.5. The smallest absolute Gasteiger partial charge is 0.410 e. The van der Waals surface area contributed by atoms with Gasteiger partial charge < -0.3 is 19.6 Å². The van der Waals surface area contributed by atoms with Gasteiger partial charge in [0.1, 0.15) is 11.7 Å². The molecule has 1 atom stereocenters. The van der Waals surface area contributed by atoms with Crippen LogP contribution in [0.25, 0.3) is 0 Å². The van der Waals surface area contributed by atoms with Crippen LogP contribution in [0.15, 0.2) is 24.3 Å². The Kier molecular flexibility index (Phi) is 6.30. The summed E-state index contributed by atoms with van der Waals surface area (Å²) < 4.78 is 5.33. The highest BCUT2D eigenvalue weighted by Gasteiger charge is 2.30. The molecule has 7 heteroatoms. The molecule has 138 valence electrons. The lowest BCUT2D eigenvalue weighted by atomic mass is 10.1. The Hall–Kier alpha value is -1.79. The molecule has 1 aliphatic rings. The number of ether oxygens (including phenoxy) is 1. The molecule has 1 fully saturated rings. The van der Waals surface area contributed by atoms with E-state index in [1.807, 2.05) is 20.8 Å². The number of aliphatic hydroxyl groups is 1. The average Bonchev–Trinajstić information content (AvgIpc) is 2.55. The molecule has 2 rings (SSSR count). The zero-order valence-electron chi connectivity index (χ0n) is 14.9. The van der Waals surface area contributed by atoms with Crippen LogP contribution in [0.3, 0.4) is 0 Å². The first-order valence-electron chi connectivity index (χ1n) is 8.35. The molecule has 0 radical (unpaired) electrons. The predicted octanol–water partition coefficient (Wildman–Crippen LogP) is 2.32. The van der Waals surface area contributed by atoms with Gasteiger partial charge in [0.05, 0.1) is 0 Å². The topological polar surface area (TPSA) is 70.1 Å². The number of halogens is 1. The van der Waals surface area contributed by atoms with Gasteiger partial charge in [0, 0.05) is 37.6 Å². The maximum atomic E-state index is 12.4. The van der Waals surface area contributed by atoms with Crippen LogP contribution in [-0.2, 0) is 16.0 Å². The molecule has 0 saturated carbocycles. The van der Waals surface area contributed by atoms with Crippen molar-refractivity contribution >= 4 is 23.6 Å². The van der Waals surface area contributed by atoms with E-state index in [9.17, 15) is 14.7 Å². The molecular weight excluding hydrogens is 344 g/mol. The van der Waals surface area contributed by atoms with Gasteiger partial charge in [-0.1, -0.05) is 23.7 Å². The first-order valence-corrected chi connectivity index (χ1v) is 8.73. The lowest BCUT2D eigenvalue weighted by molar-refractivity contribution is -0.141. The van der Waals surface area contributed by atoms with Crippen LogP contribution in [0, 0.1) is 0 Å². The molecule has 1 saturated heterocycles. The third kappa shape index (κ3) is 5.90. The van der Waals surface area contributed by atoms with Crippen molar-refractivity contribution in [3.63, 3.8) is 0 Å². The molecule has 1 aliphatic heterocycles. The molecule has 0 aliphatic carbocycles. The number of benzene rings is 1. The third-order valence-corrected chi connectivity index (χ3v) is 4.12. The highest BCUT2D eigenvalue weighted by molar-refractivity contribution is 6.30. The number of carbonyl (C=O) groups is 2. The minimum Gasteiger partial charge on any atom is -0.444 e. The van der Waals surface area contributed by atoms with Crippen LogP contribution >= 0.6 is 11.6 Å². The fourth-order valence-electron chi connectivity index (χ4n) is 2.58. The highest BCUT2D eigenvalue weighted by atomic mass is 35.5. The second-order valence-electron chi connectivity index (χ2n) is 7.14. The second-order valence-corrected chi connectivity index (χ2v) is 7.58. The highest BCUT2D eigenvalue weighted by Crippen LogP contribution is 2.14. The summed E-state index contributed by atoms with van der Waals surface area (Å²) in [5.74, 6) is -0.321. The van der Waals surface area contributed by atoms with Crippen LogP contribution in [-0.4, -0.2) is 64.8 Å². The van der Waals surface area contributed by atoms with Crippen molar-refractivity contribution in [2.24, 2.45) is 0 Å². The Bertz CT molecular complexity index is 604. The lowest BCUT2D eigenvalue weighted by Gasteiger charge is -2.36. The van der Waals surface area contributed by atoms with Crippen molar-refractivity contribution in [3.8, 4) is 0 Å². The summed E-state index contributed by atoms with van der Waals surface area (Å²) in [4.78, 5) is 27.6. The van der Waals surface area contributed by atoms with E-state index in [4.69, 9.17) is 16.3 Å². The van der Waals surface area contributed by atoms with E-state index < -0.39 is 11.7 Å². The van der Waals surface area contributed by atoms with Crippen molar-refractivity contribution in [2.45, 2.75) is 38.9 Å². The Balaban J connectivity index is 1.84. The summed E-state index contributed by atoms with van der Waals surface area (Å²) in [7, 11) is 0. The molecule has 25 heavy (non-hydrogen) atoms. The van der Waals surface area contributed by atoms with Crippen LogP contribution in [0.4, 0.5) is 4.79 Å². The number of nitrogens with zero attached hydrogens (tertiary/aromatic N) is 2. The van der Waals surface area contributed by atoms with Gasteiger partial charge >= 0.3 is 6.09 Å². The van der Waals surface area contributed by atoms with Gasteiger partial charge in [-0.25, -0.2) is 4.79 Å². The molecule has 0 spiro atoms. The minimum atomic E-state index is -1.10. The molecule has 6 nitrogen and oxygen atoms in total. The van der Waals surface area contributed by atoms with Crippen molar-refractivity contribution in [2.75, 3.05) is 26.2 Å². The largest absolute Gasteiger partial charge is 0.444 e. The van der Waals surface area contributed by atoms with Gasteiger partial charge in [0.2, 0.25) is 0 Å². The van der Waals surface area contributed by atoms with E-state index in [-0.39, 0.29) is 18.4 Å². The molecular formula is C18H25ClN2O4. The lowest BCUT2D eigenvalue weighted by Crippen LogP contribution is -2.53. The maximum absolute atomic E-state index is 12.4. The minimum absolute atomic E-state index is 0.238. The van der Waals surface area contributed by atoms with E-state index in [1.165, 1.54) is 0 Å². The summed E-state index contributed by atoms with van der Waals surface area (Å²) in [6, 6.07) is 7.04. The van der Waals surface area contributed by atoms with Gasteiger partial charge in [-0.15, -0.1) is 0 Å². The van der Waals surface area contributed by atoms with Gasteiger partial charge in [-0.05, 0) is 38.5 Å². The maximum Gasteiger partial charge on any atom is 0.410 e. The standard InChI is InChI=1S/C18H25ClN2O4/c1-18(2,3)25-17(24)21-10-8-20(9-11-21)16(23)15(22)12-13-4-6-14(19)7-5-13/h4-7,15,22H,8-12H2,1-3H3/t15-/m1/s1. The monoisotopic (exact) mass is 368 g/mol. The number of aliphatic hydroxyl groups excluding tert-OH is 1. The van der Waals surface area contributed by atoms with Gasteiger partial charge in [-0.3, -0.25) is 4.79 Å². The number of amides is 2. The van der Waals surface area contributed by atoms with Crippen LogP contribution in [0.2, 0.25) is 5.02 Å². The van der Waals surface area contributed by atoms with Crippen molar-refractivity contribution in [1.29, 1.82) is 0 Å². The first kappa shape index (κ1) is 19.5. The van der Waals surface area contributed by atoms with Gasteiger partial charge in [0.15, 0.2) is 0 Å². The average molecular weight is 369 g/mol. The molecule has 0 unspecified atom stereocenters. The molecule has 0 bridgehead atoms. The fourth-order valence-corrected chi connectivity index (χ4v) is 2.70. The van der Waals surface area contributed by atoms with E-state index >= 15 is 0 Å². The summed E-state index contributed by atoms with van der Waals surface area (Å²) in [6.07, 6.45) is -1.24. The van der Waals surface area contributed by atoms with Crippen molar-refractivity contribution < 1.29 is 19.4 Å². The van der Waals surface area contributed by atoms with E-state index in [1.54, 1.807) is 34.1 Å². The van der Waals surface area contributed by atoms with Gasteiger partial charge in [0.25, 0.3) is 5.91 Å². The fraction of sp³-hybridized carbons (Fsp3) is 0.556. The van der Waals surface area contributed by atoms with E-state index in [0.29, 0.717) is 31.2 Å². The summed E-state index contributed by atoms with van der Waals surface area (Å²) >= 11 is 5.83. The summed E-state index contributed by atoms with van der Waals surface area (Å²) in [6.45, 7) is 7.02. The number of carbonyl (C=O) groups excluding carboxylic acids is 2. The Morgan fingerprint density at radius 2 is 1.64 bits per heavy atom. The summed E-state index contributed by atoms with van der Waals surface area (Å²) in [5, 5.41) is 10.8. The van der Waals surface area contributed by atoms with Crippen LogP contribution in [0.5, 0.6) is 0 Å². The van der Waals surface area contributed by atoms with Crippen LogP contribution in [0.1, 0.15) is 26.3 Å². The van der Waals surface area contributed by atoms with Crippen molar-refractivity contribution in [1.82, 2.24) is 9.80 Å². The molecule has 1 aromatic rings. The van der Waals surface area contributed by atoms with Crippen molar-refractivity contribution in [3.05, 3.63) is 34.9 Å². The quantitative estimate of drug-likeness (QED) is 0.888. The zero-order valence-corrected chi connectivity index (χ0v) is 15.6. The molecule has 1 heterocycles. The molecule has 0 aromatic heterocycles. The molecule has 1 N–H and O–H groups in total. The SMILES string of the molecule is CC(C)(C)OC(=O)N1CCN(C(=O)[C@H](O)Cc2ccc(Cl)cc2)CC1. The Labute approximate surface area is 153 Å². The second kappa shape index (κ2) is 8.06. The van der Waals surface area contributed by atoms with E-state index in [0.717, 1.165) is 5.56 Å². The predicted molar refractivity (Wildman–Crippen MR) is 95.5 cm³/mol. The van der Waals surface area contributed by atoms with Crippen LogP contribution < -0.4 is 0 Å². The first-order chi connectivity index (χ1) is 11.7.